The Morgan fingerprint density at radius 2 is 1.69 bits per heavy atom. The monoisotopic (exact) mass is 816 g/mol. The Hall–Kier alpha value is -2.94. The molecular weight excluding hydrogens is 743 g/mol. The molecule has 0 spiro atoms. The first-order valence-electron chi connectivity index (χ1n) is 21.7. The molecule has 0 radical (unpaired) electrons. The lowest BCUT2D eigenvalue weighted by molar-refractivity contribution is -0.302. The quantitative estimate of drug-likeness (QED) is 0.120. The largest absolute Gasteiger partial charge is 0.456 e. The first-order valence-corrected chi connectivity index (χ1v) is 21.7. The van der Waals surface area contributed by atoms with E-state index >= 15 is 0 Å². The average Bonchev–Trinajstić information content (AvgIpc) is 3.21. The number of nitrogens with one attached hydrogen (secondary N) is 1. The highest BCUT2D eigenvalue weighted by atomic mass is 16.7. The van der Waals surface area contributed by atoms with Gasteiger partial charge in [-0.15, -0.1) is 0 Å². The van der Waals surface area contributed by atoms with E-state index in [0.717, 1.165) is 30.5 Å². The third-order valence-electron chi connectivity index (χ3n) is 12.8. The van der Waals surface area contributed by atoms with Crippen LogP contribution in [-0.2, 0) is 38.1 Å². The molecule has 1 saturated carbocycles. The number of allylic oxidation sites excluding steroid dienone is 4. The summed E-state index contributed by atoms with van der Waals surface area (Å²) >= 11 is 0. The molecule has 13 nitrogen and oxygen atoms in total. The minimum absolute atomic E-state index is 0.00294. The predicted molar refractivity (Wildman–Crippen MR) is 223 cm³/mol. The number of cyclic esters (lactones) is 1. The van der Waals surface area contributed by atoms with Crippen LogP contribution in [0.4, 0.5) is 0 Å². The van der Waals surface area contributed by atoms with E-state index < -0.39 is 65.9 Å². The molecule has 58 heavy (non-hydrogen) atoms. The molecule has 2 saturated heterocycles. The number of ether oxygens (including phenoxy) is 5. The Balaban J connectivity index is 1.81. The summed E-state index contributed by atoms with van der Waals surface area (Å²) < 4.78 is 30.2. The zero-order valence-corrected chi connectivity index (χ0v) is 36.8. The van der Waals surface area contributed by atoms with Crippen LogP contribution in [-0.4, -0.2) is 121 Å². The van der Waals surface area contributed by atoms with Gasteiger partial charge < -0.3 is 44.2 Å². The fraction of sp³-hybridized carbons (Fsp3) is 0.778. The third kappa shape index (κ3) is 11.7. The number of Topliss-reactive ketones (excluding diaryl/α,β-unsaturated/α-hetero) is 1. The lowest BCUT2D eigenvalue weighted by Gasteiger charge is -2.47. The number of carbonyl (C=O) groups is 3. The van der Waals surface area contributed by atoms with E-state index in [9.17, 15) is 24.6 Å². The van der Waals surface area contributed by atoms with E-state index in [4.69, 9.17) is 28.8 Å². The van der Waals surface area contributed by atoms with Crippen molar-refractivity contribution in [2.75, 3.05) is 34.4 Å². The van der Waals surface area contributed by atoms with Crippen molar-refractivity contribution < 1.29 is 48.3 Å². The van der Waals surface area contributed by atoms with Gasteiger partial charge in [0.05, 0.1) is 30.1 Å². The van der Waals surface area contributed by atoms with Crippen LogP contribution in [0.3, 0.4) is 0 Å². The Morgan fingerprint density at radius 3 is 2.34 bits per heavy atom. The smallest absolute Gasteiger partial charge is 0.329 e. The van der Waals surface area contributed by atoms with Crippen molar-refractivity contribution in [1.29, 1.82) is 0 Å². The summed E-state index contributed by atoms with van der Waals surface area (Å²) in [5, 5.41) is 27.4. The topological polar surface area (TPSA) is 165 Å². The number of aliphatic hydroxyl groups excluding tert-OH is 1. The molecule has 4 rings (SSSR count). The second-order valence-corrected chi connectivity index (χ2v) is 17.3. The summed E-state index contributed by atoms with van der Waals surface area (Å²) in [6, 6.07) is -1.03. The molecule has 0 aromatic heterocycles. The zero-order valence-electron chi connectivity index (χ0n) is 36.8. The van der Waals surface area contributed by atoms with Crippen LogP contribution in [0.15, 0.2) is 40.6 Å². The number of fused-ring (bicyclic) bond motifs is 3. The first-order chi connectivity index (χ1) is 27.6. The summed E-state index contributed by atoms with van der Waals surface area (Å²) in [7, 11) is 4.75. The van der Waals surface area contributed by atoms with Crippen molar-refractivity contribution in [3.63, 3.8) is 0 Å². The van der Waals surface area contributed by atoms with E-state index in [-0.39, 0.29) is 42.7 Å². The Labute approximate surface area is 347 Å². The molecule has 0 unspecified atom stereocenters. The van der Waals surface area contributed by atoms with E-state index in [1.54, 1.807) is 28.3 Å². The Morgan fingerprint density at radius 1 is 1.00 bits per heavy atom. The minimum Gasteiger partial charge on any atom is -0.456 e. The van der Waals surface area contributed by atoms with Gasteiger partial charge in [-0.2, -0.15) is 5.10 Å². The number of methoxy groups -OCH3 is 3. The highest BCUT2D eigenvalue weighted by Crippen LogP contribution is 2.39. The van der Waals surface area contributed by atoms with Crippen LogP contribution in [0.5, 0.6) is 0 Å². The molecule has 328 valence electrons. The summed E-state index contributed by atoms with van der Waals surface area (Å²) in [5.74, 6) is -6.01. The lowest BCUT2D eigenvalue weighted by atomic mass is 9.82. The number of esters is 1. The SMILES string of the molecule is CCNN=C1/C=C/[C@@H](C)[C@@H](/C(C)=C/[C@@H]2CC[C@@H](O)[C@H](OC)C2)OC(=O)[C@@H]2CCCCN2C(=O)C(=O)[C@]2(O)O[C@H]([C@@H](OC)C[C@@H](C)C/C(C)=C/[C@H]1CC)[C@@H](OC)C[C@H]2C. The van der Waals surface area contributed by atoms with Crippen LogP contribution < -0.4 is 5.43 Å². The molecule has 3 N–H and O–H groups in total. The van der Waals surface area contributed by atoms with E-state index in [0.29, 0.717) is 45.1 Å². The van der Waals surface area contributed by atoms with Gasteiger partial charge in [-0.05, 0) is 108 Å². The number of nitrogens with zero attached hydrogens (tertiary/aromatic N) is 2. The van der Waals surface area contributed by atoms with Gasteiger partial charge in [-0.1, -0.05) is 51.5 Å². The normalized spacial score (nSPS) is 40.2. The molecular formula is C45H73N3O10. The zero-order chi connectivity index (χ0) is 42.7. The van der Waals surface area contributed by atoms with Gasteiger partial charge in [0.2, 0.25) is 5.79 Å². The summed E-state index contributed by atoms with van der Waals surface area (Å²) in [6.07, 6.45) is 10.9. The van der Waals surface area contributed by atoms with Gasteiger partial charge >= 0.3 is 5.97 Å². The minimum atomic E-state index is -2.46. The lowest BCUT2D eigenvalue weighted by Crippen LogP contribution is -2.64. The maximum Gasteiger partial charge on any atom is 0.329 e. The van der Waals surface area contributed by atoms with Crippen molar-refractivity contribution in [2.45, 2.75) is 161 Å². The number of carbonyl (C=O) groups excluding carboxylic acids is 3. The van der Waals surface area contributed by atoms with Crippen molar-refractivity contribution in [2.24, 2.45) is 34.7 Å². The number of ketones is 1. The fourth-order valence-electron chi connectivity index (χ4n) is 9.39. The number of amides is 1. The standard InChI is InChI=1S/C45H73N3O10/c1-11-33-22-27(3)21-28(4)23-38(55-9)41-39(56-10)25-31(7)45(53,58-41)42(50)43(51)48-20-14-13-15-35(48)44(52)57-40(29(5)16-18-34(33)47-46-12-2)30(6)24-32-17-19-36(49)37(26-32)54-8/h16,18,22,24,28-29,31-33,35-41,46,49,53H,11-15,17,19-21,23,25-26H2,1-10H3/b18-16+,27-22+,30-24+,47-34?/t28-,29+,31+,32-,33+,35-,36+,37+,38-,39-,40-,41+,45+/m0/s1. The predicted octanol–water partition coefficient (Wildman–Crippen LogP) is 5.67. The Bertz CT molecular complexity index is 1510. The molecule has 13 atom stereocenters. The summed E-state index contributed by atoms with van der Waals surface area (Å²) in [5.41, 5.74) is 6.03. The van der Waals surface area contributed by atoms with Crippen molar-refractivity contribution in [3.8, 4) is 0 Å². The number of hydrogen-bond donors (Lipinski definition) is 3. The van der Waals surface area contributed by atoms with E-state index in [1.807, 2.05) is 32.9 Å². The van der Waals surface area contributed by atoms with Crippen molar-refractivity contribution in [3.05, 3.63) is 35.5 Å². The van der Waals surface area contributed by atoms with Gasteiger partial charge in [-0.25, -0.2) is 4.79 Å². The van der Waals surface area contributed by atoms with Gasteiger partial charge in [-0.3, -0.25) is 9.59 Å². The van der Waals surface area contributed by atoms with Crippen LogP contribution in [0.25, 0.3) is 0 Å². The molecule has 3 fully saturated rings. The fourth-order valence-corrected chi connectivity index (χ4v) is 9.39. The number of piperidine rings is 1. The first kappa shape index (κ1) is 47.7. The average molecular weight is 816 g/mol. The molecule has 1 amide bonds. The number of rotatable bonds is 8. The molecule has 13 heteroatoms. The number of hydrazone groups is 1. The number of aliphatic hydroxyl groups is 2. The molecule has 3 heterocycles. The molecule has 2 bridgehead atoms. The number of hydrogen-bond acceptors (Lipinski definition) is 12. The second-order valence-electron chi connectivity index (χ2n) is 17.3. The molecule has 3 aliphatic heterocycles. The Kier molecular flexibility index (Phi) is 18.2. The maximum atomic E-state index is 14.4. The molecule has 4 aliphatic rings. The van der Waals surface area contributed by atoms with Gasteiger partial charge in [0, 0.05) is 52.2 Å². The summed E-state index contributed by atoms with van der Waals surface area (Å²) in [4.78, 5) is 44.2. The van der Waals surface area contributed by atoms with Gasteiger partial charge in [0.25, 0.3) is 11.7 Å². The molecule has 1 aliphatic carbocycles. The van der Waals surface area contributed by atoms with Crippen LogP contribution >= 0.6 is 0 Å². The third-order valence-corrected chi connectivity index (χ3v) is 12.8. The van der Waals surface area contributed by atoms with E-state index in [1.165, 1.54) is 10.5 Å². The summed E-state index contributed by atoms with van der Waals surface area (Å²) in [6.45, 7) is 14.8. The van der Waals surface area contributed by atoms with Crippen LogP contribution in [0, 0.1) is 29.6 Å². The van der Waals surface area contributed by atoms with Crippen LogP contribution in [0.2, 0.25) is 0 Å². The van der Waals surface area contributed by atoms with E-state index in [2.05, 4.69) is 38.3 Å². The van der Waals surface area contributed by atoms with Gasteiger partial charge in [0.15, 0.2) is 0 Å². The van der Waals surface area contributed by atoms with Gasteiger partial charge in [0.1, 0.15) is 18.2 Å². The van der Waals surface area contributed by atoms with Crippen LogP contribution in [0.1, 0.15) is 113 Å². The maximum absolute atomic E-state index is 14.4. The second kappa shape index (κ2) is 22.1. The van der Waals surface area contributed by atoms with Crippen molar-refractivity contribution >= 4 is 23.4 Å². The molecule has 0 aromatic rings. The molecule has 0 aromatic carbocycles. The highest BCUT2D eigenvalue weighted by molar-refractivity contribution is 6.39. The highest BCUT2D eigenvalue weighted by Gasteiger charge is 2.56. The van der Waals surface area contributed by atoms with Crippen molar-refractivity contribution in [1.82, 2.24) is 10.3 Å².